The van der Waals surface area contributed by atoms with Crippen molar-refractivity contribution in [3.63, 3.8) is 0 Å². The summed E-state index contributed by atoms with van der Waals surface area (Å²) in [5.41, 5.74) is 4.84. The topological polar surface area (TPSA) is 52.0 Å². The van der Waals surface area contributed by atoms with E-state index in [-0.39, 0.29) is 4.90 Å². The van der Waals surface area contributed by atoms with Crippen LogP contribution in [-0.4, -0.2) is 17.4 Å². The van der Waals surface area contributed by atoms with Gasteiger partial charge in [-0.25, -0.2) is 17.4 Å². The van der Waals surface area contributed by atoms with Crippen molar-refractivity contribution in [2.24, 2.45) is 0 Å². The van der Waals surface area contributed by atoms with Gasteiger partial charge in [0.15, 0.2) is 5.65 Å². The molecule has 0 saturated carbocycles. The average molecular weight is 449 g/mol. The summed E-state index contributed by atoms with van der Waals surface area (Å²) in [6, 6.07) is 32.6. The predicted molar refractivity (Wildman–Crippen MR) is 134 cm³/mol. The van der Waals surface area contributed by atoms with Crippen LogP contribution in [0.5, 0.6) is 0 Å². The second-order valence-electron chi connectivity index (χ2n) is 8.17. The molecule has 0 aliphatic heterocycles. The van der Waals surface area contributed by atoms with Crippen molar-refractivity contribution < 1.29 is 8.42 Å². The van der Waals surface area contributed by atoms with Crippen molar-refractivity contribution in [2.45, 2.75) is 11.8 Å². The Hall–Kier alpha value is -3.96. The molecule has 0 fully saturated rings. The van der Waals surface area contributed by atoms with E-state index in [2.05, 4.69) is 12.1 Å². The van der Waals surface area contributed by atoms with Crippen molar-refractivity contribution in [3.05, 3.63) is 109 Å². The molecule has 0 amide bonds. The lowest BCUT2D eigenvalue weighted by atomic mass is 9.96. The summed E-state index contributed by atoms with van der Waals surface area (Å²) in [6.07, 6.45) is 0. The van der Waals surface area contributed by atoms with E-state index in [1.54, 1.807) is 12.1 Å². The molecule has 4 nitrogen and oxygen atoms in total. The number of aromatic nitrogens is 2. The molecular weight excluding hydrogens is 428 g/mol. The number of rotatable bonds is 3. The monoisotopic (exact) mass is 448 g/mol. The number of aryl methyl sites for hydroxylation is 1. The number of hydrogen-bond donors (Lipinski definition) is 0. The van der Waals surface area contributed by atoms with E-state index in [1.165, 1.54) is 3.97 Å². The van der Waals surface area contributed by atoms with E-state index < -0.39 is 10.0 Å². The Morgan fingerprint density at radius 2 is 1.33 bits per heavy atom. The van der Waals surface area contributed by atoms with Gasteiger partial charge in [0.25, 0.3) is 10.0 Å². The van der Waals surface area contributed by atoms with Crippen molar-refractivity contribution in [1.82, 2.24) is 8.96 Å². The lowest BCUT2D eigenvalue weighted by Gasteiger charge is -2.12. The van der Waals surface area contributed by atoms with Crippen molar-refractivity contribution in [2.75, 3.05) is 0 Å². The summed E-state index contributed by atoms with van der Waals surface area (Å²) in [4.78, 5) is 5.14. The summed E-state index contributed by atoms with van der Waals surface area (Å²) < 4.78 is 29.3. The van der Waals surface area contributed by atoms with Gasteiger partial charge in [0, 0.05) is 21.7 Å². The highest BCUT2D eigenvalue weighted by Crippen LogP contribution is 2.41. The van der Waals surface area contributed by atoms with Crippen LogP contribution in [0.1, 0.15) is 5.56 Å². The molecule has 0 bridgehead atoms. The summed E-state index contributed by atoms with van der Waals surface area (Å²) in [5, 5.41) is 2.69. The minimum atomic E-state index is -3.88. The van der Waals surface area contributed by atoms with Crippen LogP contribution in [0.3, 0.4) is 0 Å². The first kappa shape index (κ1) is 19.7. The lowest BCUT2D eigenvalue weighted by molar-refractivity contribution is 0.590. The molecule has 5 heteroatoms. The average Bonchev–Trinajstić information content (AvgIpc) is 3.18. The Morgan fingerprint density at radius 3 is 2.09 bits per heavy atom. The van der Waals surface area contributed by atoms with E-state index in [1.807, 2.05) is 85.8 Å². The van der Waals surface area contributed by atoms with Crippen LogP contribution in [0.4, 0.5) is 0 Å². The molecule has 0 N–H and O–H groups in total. The van der Waals surface area contributed by atoms with Gasteiger partial charge >= 0.3 is 0 Å². The largest absolute Gasteiger partial charge is 0.269 e. The van der Waals surface area contributed by atoms with E-state index >= 15 is 0 Å². The molecule has 0 aliphatic carbocycles. The third-order valence-electron chi connectivity index (χ3n) is 6.08. The SMILES string of the molecule is Cc1ccc(S(=O)(=O)n2c3ccccc3c3c(-c4ccccc4)c4ccccc4nc32)cc1. The Morgan fingerprint density at radius 1 is 0.697 bits per heavy atom. The zero-order chi connectivity index (χ0) is 22.6. The Kier molecular flexibility index (Phi) is 4.35. The van der Waals surface area contributed by atoms with Gasteiger partial charge in [0.05, 0.1) is 15.9 Å². The first-order valence-corrected chi connectivity index (χ1v) is 12.2. The molecule has 160 valence electrons. The Balaban J connectivity index is 1.84. The zero-order valence-corrected chi connectivity index (χ0v) is 18.8. The molecule has 2 aromatic heterocycles. The first-order valence-electron chi connectivity index (χ1n) is 10.8. The summed E-state index contributed by atoms with van der Waals surface area (Å²) in [6.45, 7) is 1.94. The molecule has 0 radical (unpaired) electrons. The number of hydrogen-bond acceptors (Lipinski definition) is 3. The smallest absolute Gasteiger partial charge is 0.229 e. The van der Waals surface area contributed by atoms with E-state index in [0.29, 0.717) is 11.2 Å². The van der Waals surface area contributed by atoms with Crippen LogP contribution in [0.25, 0.3) is 44.0 Å². The number of fused-ring (bicyclic) bond motifs is 4. The van der Waals surface area contributed by atoms with E-state index in [9.17, 15) is 8.42 Å². The standard InChI is InChI=1S/C28H20N2O2S/c1-19-15-17-21(18-16-19)33(31,32)30-25-14-8-6-12-23(25)27-26(20-9-3-2-4-10-20)22-11-5-7-13-24(22)29-28(27)30/h2-18H,1H3. The maximum absolute atomic E-state index is 13.9. The zero-order valence-electron chi connectivity index (χ0n) is 17.9. The molecule has 6 aromatic rings. The molecule has 2 heterocycles. The normalized spacial score (nSPS) is 12.0. The summed E-state index contributed by atoms with van der Waals surface area (Å²) in [5.74, 6) is 0. The Bertz CT molecular complexity index is 1770. The van der Waals surface area contributed by atoms with Crippen LogP contribution in [0.15, 0.2) is 108 Å². The maximum atomic E-state index is 13.9. The number of nitrogens with zero attached hydrogens (tertiary/aromatic N) is 2. The van der Waals surface area contributed by atoms with Gasteiger partial charge in [-0.3, -0.25) is 0 Å². The van der Waals surface area contributed by atoms with Gasteiger partial charge in [0.2, 0.25) is 0 Å². The maximum Gasteiger partial charge on any atom is 0.269 e. The lowest BCUT2D eigenvalue weighted by Crippen LogP contribution is -2.13. The minimum absolute atomic E-state index is 0.243. The second kappa shape index (κ2) is 7.29. The summed E-state index contributed by atoms with van der Waals surface area (Å²) >= 11 is 0. The molecule has 6 rings (SSSR count). The van der Waals surface area contributed by atoms with Crippen molar-refractivity contribution in [1.29, 1.82) is 0 Å². The fourth-order valence-corrected chi connectivity index (χ4v) is 6.01. The molecule has 0 atom stereocenters. The molecule has 0 saturated heterocycles. The third kappa shape index (κ3) is 2.97. The highest BCUT2D eigenvalue weighted by molar-refractivity contribution is 7.90. The second-order valence-corrected chi connectivity index (χ2v) is 9.95. The summed E-state index contributed by atoms with van der Waals surface area (Å²) in [7, 11) is -3.88. The highest BCUT2D eigenvalue weighted by atomic mass is 32.2. The number of para-hydroxylation sites is 2. The van der Waals surface area contributed by atoms with Crippen LogP contribution in [-0.2, 0) is 10.0 Å². The van der Waals surface area contributed by atoms with Gasteiger partial charge in [-0.2, -0.15) is 0 Å². The van der Waals surface area contributed by atoms with E-state index in [4.69, 9.17) is 4.98 Å². The molecule has 4 aromatic carbocycles. The Labute approximate surface area is 191 Å². The minimum Gasteiger partial charge on any atom is -0.229 e. The van der Waals surface area contributed by atoms with Crippen molar-refractivity contribution in [3.8, 4) is 11.1 Å². The van der Waals surface area contributed by atoms with Gasteiger partial charge in [0.1, 0.15) is 0 Å². The molecular formula is C28H20N2O2S. The third-order valence-corrected chi connectivity index (χ3v) is 7.80. The number of benzene rings is 4. The number of pyridine rings is 1. The molecule has 0 spiro atoms. The predicted octanol–water partition coefficient (Wildman–Crippen LogP) is 6.56. The van der Waals surface area contributed by atoms with Crippen molar-refractivity contribution >= 4 is 42.9 Å². The quantitative estimate of drug-likeness (QED) is 0.308. The fraction of sp³-hybridized carbons (Fsp3) is 0.0357. The van der Waals surface area contributed by atoms with Gasteiger partial charge < -0.3 is 0 Å². The van der Waals surface area contributed by atoms with Crippen LogP contribution in [0.2, 0.25) is 0 Å². The molecule has 0 unspecified atom stereocenters. The van der Waals surface area contributed by atoms with Crippen LogP contribution < -0.4 is 0 Å². The van der Waals surface area contributed by atoms with E-state index in [0.717, 1.165) is 38.4 Å². The first-order chi connectivity index (χ1) is 16.1. The van der Waals surface area contributed by atoms with Gasteiger partial charge in [-0.1, -0.05) is 84.4 Å². The molecule has 0 aliphatic rings. The molecule has 33 heavy (non-hydrogen) atoms. The van der Waals surface area contributed by atoms with Gasteiger partial charge in [-0.15, -0.1) is 0 Å². The van der Waals surface area contributed by atoms with Gasteiger partial charge in [-0.05, 0) is 36.8 Å². The highest BCUT2D eigenvalue weighted by Gasteiger charge is 2.26. The van der Waals surface area contributed by atoms with Crippen LogP contribution >= 0.6 is 0 Å². The van der Waals surface area contributed by atoms with Crippen LogP contribution in [0, 0.1) is 6.92 Å². The fourth-order valence-electron chi connectivity index (χ4n) is 4.54.